The van der Waals surface area contributed by atoms with Gasteiger partial charge in [-0.15, -0.1) is 0 Å². The molecule has 1 aliphatic heterocycles. The summed E-state index contributed by atoms with van der Waals surface area (Å²) < 4.78 is 5.37. The van der Waals surface area contributed by atoms with Gasteiger partial charge in [0.15, 0.2) is 6.61 Å². The number of amides is 2. The molecule has 1 aromatic carbocycles. The lowest BCUT2D eigenvalue weighted by atomic mass is 9.82. The molecule has 140 valence electrons. The van der Waals surface area contributed by atoms with Crippen molar-refractivity contribution in [2.75, 3.05) is 18.6 Å². The van der Waals surface area contributed by atoms with Gasteiger partial charge in [-0.05, 0) is 37.0 Å². The van der Waals surface area contributed by atoms with E-state index in [1.807, 2.05) is 0 Å². The number of aliphatic carboxylic acids is 1. The minimum absolute atomic E-state index is 0.0165. The molecule has 0 radical (unpaired) electrons. The van der Waals surface area contributed by atoms with Gasteiger partial charge in [-0.25, -0.2) is 0 Å². The standard InChI is InChI=1S/C19H24N2O5/c1-21-15-9-13(7-8-16(15)26-11-17(21)22)19(25)20-14(10-18(23)24)12-5-3-2-4-6-12/h7-9,12,14H,2-6,10-11H2,1H3,(H,20,25)(H,23,24). The van der Waals surface area contributed by atoms with Crippen molar-refractivity contribution in [1.82, 2.24) is 5.32 Å². The number of nitrogens with zero attached hydrogens (tertiary/aromatic N) is 1. The summed E-state index contributed by atoms with van der Waals surface area (Å²) in [5.74, 6) is -0.672. The van der Waals surface area contributed by atoms with Crippen molar-refractivity contribution < 1.29 is 24.2 Å². The molecule has 26 heavy (non-hydrogen) atoms. The van der Waals surface area contributed by atoms with Crippen molar-refractivity contribution in [2.24, 2.45) is 5.92 Å². The Morgan fingerprint density at radius 3 is 2.73 bits per heavy atom. The lowest BCUT2D eigenvalue weighted by Crippen LogP contribution is -2.42. The van der Waals surface area contributed by atoms with Crippen molar-refractivity contribution in [2.45, 2.75) is 44.6 Å². The van der Waals surface area contributed by atoms with Crippen LogP contribution in [0.4, 0.5) is 5.69 Å². The van der Waals surface area contributed by atoms with Crippen LogP contribution >= 0.6 is 0 Å². The summed E-state index contributed by atoms with van der Waals surface area (Å²) in [5, 5.41) is 12.1. The van der Waals surface area contributed by atoms with Gasteiger partial charge in [0.1, 0.15) is 5.75 Å². The van der Waals surface area contributed by atoms with E-state index in [-0.39, 0.29) is 36.8 Å². The van der Waals surface area contributed by atoms with E-state index in [1.165, 1.54) is 4.90 Å². The maximum atomic E-state index is 12.7. The van der Waals surface area contributed by atoms with E-state index in [1.54, 1.807) is 25.2 Å². The Bertz CT molecular complexity index is 712. The summed E-state index contributed by atoms with van der Waals surface area (Å²) in [6.45, 7) is -0.0165. The molecule has 1 fully saturated rings. The summed E-state index contributed by atoms with van der Waals surface area (Å²) in [6, 6.07) is 4.53. The lowest BCUT2D eigenvalue weighted by Gasteiger charge is -2.30. The van der Waals surface area contributed by atoms with Crippen LogP contribution in [-0.2, 0) is 9.59 Å². The topological polar surface area (TPSA) is 95.9 Å². The van der Waals surface area contributed by atoms with E-state index in [4.69, 9.17) is 4.74 Å². The molecule has 0 bridgehead atoms. The van der Waals surface area contributed by atoms with Gasteiger partial charge in [-0.2, -0.15) is 0 Å². The van der Waals surface area contributed by atoms with Crippen LogP contribution in [-0.4, -0.2) is 42.6 Å². The number of ether oxygens (including phenoxy) is 1. The Kier molecular flexibility index (Phi) is 5.44. The molecule has 7 nitrogen and oxygen atoms in total. The molecule has 1 unspecified atom stereocenters. The molecule has 1 saturated carbocycles. The molecule has 3 rings (SSSR count). The number of nitrogens with one attached hydrogen (secondary N) is 1. The molecule has 0 saturated heterocycles. The second-order valence-electron chi connectivity index (χ2n) is 7.00. The SMILES string of the molecule is CN1C(=O)COc2ccc(C(=O)NC(CC(=O)O)C3CCCCC3)cc21. The van der Waals surface area contributed by atoms with Gasteiger partial charge in [0.2, 0.25) is 0 Å². The number of hydrogen-bond acceptors (Lipinski definition) is 4. The van der Waals surface area contributed by atoms with Crippen molar-refractivity contribution >= 4 is 23.5 Å². The maximum Gasteiger partial charge on any atom is 0.305 e. The zero-order valence-corrected chi connectivity index (χ0v) is 14.9. The minimum Gasteiger partial charge on any atom is -0.482 e. The second kappa shape index (κ2) is 7.76. The first-order valence-electron chi connectivity index (χ1n) is 9.02. The minimum atomic E-state index is -0.912. The number of likely N-dealkylation sites (N-methyl/N-ethyl adjacent to an activating group) is 1. The Labute approximate surface area is 152 Å². The molecule has 1 heterocycles. The predicted octanol–water partition coefficient (Wildman–Crippen LogP) is 2.20. The van der Waals surface area contributed by atoms with Gasteiger partial charge >= 0.3 is 5.97 Å². The van der Waals surface area contributed by atoms with Gasteiger partial charge in [0.05, 0.1) is 12.1 Å². The molecule has 0 spiro atoms. The van der Waals surface area contributed by atoms with E-state index < -0.39 is 5.97 Å². The molecule has 0 aromatic heterocycles. The number of carboxylic acid groups (broad SMARTS) is 1. The third-order valence-corrected chi connectivity index (χ3v) is 5.24. The van der Waals surface area contributed by atoms with Crippen LogP contribution in [0.2, 0.25) is 0 Å². The van der Waals surface area contributed by atoms with Crippen LogP contribution in [0.5, 0.6) is 5.75 Å². The summed E-state index contributed by atoms with van der Waals surface area (Å²) in [4.78, 5) is 37.2. The number of carboxylic acids is 1. The average Bonchev–Trinajstić information content (AvgIpc) is 2.64. The van der Waals surface area contributed by atoms with E-state index in [0.29, 0.717) is 17.0 Å². The molecule has 1 aromatic rings. The highest BCUT2D eigenvalue weighted by Gasteiger charge is 2.28. The molecule has 1 atom stereocenters. The van der Waals surface area contributed by atoms with E-state index in [0.717, 1.165) is 32.1 Å². The van der Waals surface area contributed by atoms with Crippen LogP contribution in [0.3, 0.4) is 0 Å². The highest BCUT2D eigenvalue weighted by molar-refractivity contribution is 6.01. The third kappa shape index (κ3) is 3.98. The van der Waals surface area contributed by atoms with Gasteiger partial charge in [0, 0.05) is 18.7 Å². The van der Waals surface area contributed by atoms with Crippen molar-refractivity contribution in [3.63, 3.8) is 0 Å². The number of fused-ring (bicyclic) bond motifs is 1. The molecule has 7 heteroatoms. The summed E-state index contributed by atoms with van der Waals surface area (Å²) >= 11 is 0. The zero-order chi connectivity index (χ0) is 18.7. The largest absolute Gasteiger partial charge is 0.482 e. The first-order chi connectivity index (χ1) is 12.5. The highest BCUT2D eigenvalue weighted by atomic mass is 16.5. The predicted molar refractivity (Wildman–Crippen MR) is 95.4 cm³/mol. The Hall–Kier alpha value is -2.57. The Balaban J connectivity index is 1.76. The summed E-state index contributed by atoms with van der Waals surface area (Å²) in [7, 11) is 1.64. The van der Waals surface area contributed by atoms with Gasteiger partial charge in [0.25, 0.3) is 11.8 Å². The fraction of sp³-hybridized carbons (Fsp3) is 0.526. The number of anilines is 1. The van der Waals surface area contributed by atoms with Crippen LogP contribution in [0.1, 0.15) is 48.9 Å². The second-order valence-corrected chi connectivity index (χ2v) is 7.00. The Morgan fingerprint density at radius 2 is 2.04 bits per heavy atom. The Morgan fingerprint density at radius 1 is 1.31 bits per heavy atom. The highest BCUT2D eigenvalue weighted by Crippen LogP contribution is 2.32. The first kappa shape index (κ1) is 18.2. The lowest BCUT2D eigenvalue weighted by molar-refractivity contribution is -0.137. The number of benzene rings is 1. The number of rotatable bonds is 5. The summed E-state index contributed by atoms with van der Waals surface area (Å²) in [5.41, 5.74) is 0.932. The zero-order valence-electron chi connectivity index (χ0n) is 14.9. The van der Waals surface area contributed by atoms with E-state index >= 15 is 0 Å². The number of carbonyl (C=O) groups excluding carboxylic acids is 2. The van der Waals surface area contributed by atoms with E-state index in [9.17, 15) is 19.5 Å². The summed E-state index contributed by atoms with van der Waals surface area (Å²) in [6.07, 6.45) is 5.10. The molecule has 2 aliphatic rings. The quantitative estimate of drug-likeness (QED) is 0.839. The van der Waals surface area contributed by atoms with E-state index in [2.05, 4.69) is 5.32 Å². The van der Waals surface area contributed by atoms with Crippen molar-refractivity contribution in [3.05, 3.63) is 23.8 Å². The average molecular weight is 360 g/mol. The molecular formula is C19H24N2O5. The fourth-order valence-corrected chi connectivity index (χ4v) is 3.73. The first-order valence-corrected chi connectivity index (χ1v) is 9.02. The van der Waals surface area contributed by atoms with Crippen molar-refractivity contribution in [3.8, 4) is 5.75 Å². The molecule has 1 aliphatic carbocycles. The van der Waals surface area contributed by atoms with Crippen LogP contribution in [0, 0.1) is 5.92 Å². The van der Waals surface area contributed by atoms with Gasteiger partial charge < -0.3 is 20.1 Å². The van der Waals surface area contributed by atoms with Crippen LogP contribution in [0.15, 0.2) is 18.2 Å². The number of carbonyl (C=O) groups is 3. The number of hydrogen-bond donors (Lipinski definition) is 2. The fourth-order valence-electron chi connectivity index (χ4n) is 3.73. The molecule has 2 N–H and O–H groups in total. The van der Waals surface area contributed by atoms with Crippen LogP contribution < -0.4 is 15.0 Å². The normalized spacial score (nSPS) is 18.7. The van der Waals surface area contributed by atoms with Gasteiger partial charge in [-0.1, -0.05) is 19.3 Å². The molecular weight excluding hydrogens is 336 g/mol. The smallest absolute Gasteiger partial charge is 0.305 e. The van der Waals surface area contributed by atoms with Crippen LogP contribution in [0.25, 0.3) is 0 Å². The van der Waals surface area contributed by atoms with Gasteiger partial charge in [-0.3, -0.25) is 14.4 Å². The maximum absolute atomic E-state index is 12.7. The molecule has 2 amide bonds. The monoisotopic (exact) mass is 360 g/mol. The third-order valence-electron chi connectivity index (χ3n) is 5.24. The van der Waals surface area contributed by atoms with Crippen molar-refractivity contribution in [1.29, 1.82) is 0 Å².